The number of carbonyl (C=O) groups is 1. The van der Waals surface area contributed by atoms with Crippen molar-refractivity contribution < 1.29 is 13.2 Å². The van der Waals surface area contributed by atoms with Crippen molar-refractivity contribution in [3.05, 3.63) is 63.6 Å². The maximum absolute atomic E-state index is 12.3. The highest BCUT2D eigenvalue weighted by molar-refractivity contribution is 9.10. The molecule has 0 bridgehead atoms. The molecule has 0 fully saturated rings. The molecule has 0 aliphatic carbocycles. The van der Waals surface area contributed by atoms with Crippen LogP contribution in [-0.4, -0.2) is 45.0 Å². The summed E-state index contributed by atoms with van der Waals surface area (Å²) >= 11 is 4.98. The van der Waals surface area contributed by atoms with E-state index in [4.69, 9.17) is 0 Å². The number of rotatable bonds is 8. The first kappa shape index (κ1) is 21.9. The van der Waals surface area contributed by atoms with Crippen molar-refractivity contribution in [3.8, 4) is 0 Å². The van der Waals surface area contributed by atoms with Gasteiger partial charge in [-0.1, -0.05) is 29.8 Å². The highest BCUT2D eigenvalue weighted by Gasteiger charge is 2.22. The second-order valence-corrected chi connectivity index (χ2v) is 10.3. The molecule has 0 saturated heterocycles. The number of sulfonamides is 1. The van der Waals surface area contributed by atoms with Crippen LogP contribution in [0.5, 0.6) is 0 Å². The predicted octanol–water partition coefficient (Wildman–Crippen LogP) is 3.67. The normalized spacial score (nSPS) is 11.6. The monoisotopic (exact) mass is 470 g/mol. The molecule has 2 aromatic rings. The van der Waals surface area contributed by atoms with Gasteiger partial charge in [-0.15, -0.1) is 0 Å². The minimum absolute atomic E-state index is 0.0777. The predicted molar refractivity (Wildman–Crippen MR) is 115 cm³/mol. The molecule has 2 rings (SSSR count). The molecule has 0 aliphatic rings. The van der Waals surface area contributed by atoms with Gasteiger partial charge in [0.2, 0.25) is 10.0 Å². The molecule has 1 amide bonds. The summed E-state index contributed by atoms with van der Waals surface area (Å²) in [4.78, 5) is 12.4. The molecular weight excluding hydrogens is 448 g/mol. The van der Waals surface area contributed by atoms with Crippen LogP contribution < -0.4 is 5.32 Å². The van der Waals surface area contributed by atoms with E-state index in [1.54, 1.807) is 23.9 Å². The number of amides is 1. The van der Waals surface area contributed by atoms with Gasteiger partial charge in [0.15, 0.2) is 0 Å². The van der Waals surface area contributed by atoms with Crippen molar-refractivity contribution in [1.82, 2.24) is 9.62 Å². The third-order valence-electron chi connectivity index (χ3n) is 3.87. The van der Waals surface area contributed by atoms with E-state index in [-0.39, 0.29) is 10.8 Å². The lowest BCUT2D eigenvalue weighted by atomic mass is 10.2. The first-order chi connectivity index (χ1) is 12.7. The van der Waals surface area contributed by atoms with Crippen molar-refractivity contribution in [1.29, 1.82) is 0 Å². The zero-order valence-corrected chi connectivity index (χ0v) is 18.7. The van der Waals surface area contributed by atoms with Crippen molar-refractivity contribution >= 4 is 43.6 Å². The second-order valence-electron chi connectivity index (χ2n) is 6.23. The Morgan fingerprint density at radius 3 is 2.44 bits per heavy atom. The quantitative estimate of drug-likeness (QED) is 0.597. The van der Waals surface area contributed by atoms with Gasteiger partial charge in [0.05, 0.1) is 4.90 Å². The largest absolute Gasteiger partial charge is 0.351 e. The SMILES string of the molecule is Cc1ccc(CSCCNC(=O)c2ccc(Br)c(S(=O)(=O)N(C)C)c2)cc1. The van der Waals surface area contributed by atoms with Crippen LogP contribution in [0.1, 0.15) is 21.5 Å². The Bertz CT molecular complexity index is 898. The van der Waals surface area contributed by atoms with Crippen molar-refractivity contribution in [3.63, 3.8) is 0 Å². The van der Waals surface area contributed by atoms with E-state index in [1.165, 1.54) is 31.3 Å². The fraction of sp³-hybridized carbons (Fsp3) is 0.316. The molecule has 2 aromatic carbocycles. The van der Waals surface area contributed by atoms with Crippen LogP contribution in [0.15, 0.2) is 51.8 Å². The Morgan fingerprint density at radius 1 is 1.15 bits per heavy atom. The summed E-state index contributed by atoms with van der Waals surface area (Å²) < 4.78 is 26.2. The number of aryl methyl sites for hydroxylation is 1. The van der Waals surface area contributed by atoms with Crippen molar-refractivity contribution in [2.45, 2.75) is 17.6 Å². The van der Waals surface area contributed by atoms with Crippen LogP contribution in [0.25, 0.3) is 0 Å². The number of thioether (sulfide) groups is 1. The molecular formula is C19H23BrN2O3S2. The Morgan fingerprint density at radius 2 is 1.81 bits per heavy atom. The number of hydrogen-bond donors (Lipinski definition) is 1. The Balaban J connectivity index is 1.90. The number of nitrogens with one attached hydrogen (secondary N) is 1. The van der Waals surface area contributed by atoms with Gasteiger partial charge in [-0.05, 0) is 46.6 Å². The second kappa shape index (κ2) is 9.73. The molecule has 5 nitrogen and oxygen atoms in total. The van der Waals surface area contributed by atoms with Gasteiger partial charge in [-0.3, -0.25) is 4.79 Å². The lowest BCUT2D eigenvalue weighted by molar-refractivity contribution is 0.0956. The standard InChI is InChI=1S/C19H23BrN2O3S2/c1-14-4-6-15(7-5-14)13-26-11-10-21-19(23)16-8-9-17(20)18(12-16)27(24,25)22(2)3/h4-9,12H,10-11,13H2,1-3H3,(H,21,23). The van der Waals surface area contributed by atoms with Gasteiger partial charge in [0.1, 0.15) is 0 Å². The van der Waals surface area contributed by atoms with Crippen LogP contribution in [0.2, 0.25) is 0 Å². The molecule has 0 radical (unpaired) electrons. The fourth-order valence-corrected chi connectivity index (χ4v) is 4.92. The van der Waals surface area contributed by atoms with Crippen LogP contribution in [0.4, 0.5) is 0 Å². The summed E-state index contributed by atoms with van der Waals surface area (Å²) in [6, 6.07) is 13.0. The van der Waals surface area contributed by atoms with E-state index in [9.17, 15) is 13.2 Å². The van der Waals surface area contributed by atoms with E-state index >= 15 is 0 Å². The van der Waals surface area contributed by atoms with Gasteiger partial charge in [0.25, 0.3) is 5.91 Å². The summed E-state index contributed by atoms with van der Waals surface area (Å²) in [6.07, 6.45) is 0. The highest BCUT2D eigenvalue weighted by Crippen LogP contribution is 2.25. The third-order valence-corrected chi connectivity index (χ3v) is 7.71. The van der Waals surface area contributed by atoms with Crippen LogP contribution in [0, 0.1) is 6.92 Å². The van der Waals surface area contributed by atoms with Crippen LogP contribution >= 0.6 is 27.7 Å². The van der Waals surface area contributed by atoms with Gasteiger partial charge >= 0.3 is 0 Å². The van der Waals surface area contributed by atoms with E-state index in [0.29, 0.717) is 16.6 Å². The topological polar surface area (TPSA) is 66.5 Å². The summed E-state index contributed by atoms with van der Waals surface area (Å²) in [7, 11) is -0.708. The third kappa shape index (κ3) is 6.07. The van der Waals surface area contributed by atoms with Crippen LogP contribution in [-0.2, 0) is 15.8 Å². The van der Waals surface area contributed by atoms with E-state index in [2.05, 4.69) is 52.4 Å². The maximum atomic E-state index is 12.3. The Hall–Kier alpha value is -1.35. The molecule has 8 heteroatoms. The molecule has 0 unspecified atom stereocenters. The first-order valence-electron chi connectivity index (χ1n) is 8.35. The Labute approximate surface area is 173 Å². The molecule has 27 heavy (non-hydrogen) atoms. The average molecular weight is 471 g/mol. The molecule has 0 heterocycles. The van der Waals surface area contributed by atoms with Crippen molar-refractivity contribution in [2.24, 2.45) is 0 Å². The van der Waals surface area contributed by atoms with Gasteiger partial charge < -0.3 is 5.32 Å². The number of benzene rings is 2. The lowest BCUT2D eigenvalue weighted by Gasteiger charge is -2.14. The average Bonchev–Trinajstić information content (AvgIpc) is 2.62. The van der Waals surface area contributed by atoms with Crippen LogP contribution in [0.3, 0.4) is 0 Å². The molecule has 1 N–H and O–H groups in total. The smallest absolute Gasteiger partial charge is 0.251 e. The number of halogens is 1. The van der Waals surface area contributed by atoms with E-state index < -0.39 is 10.0 Å². The zero-order chi connectivity index (χ0) is 20.0. The Kier molecular flexibility index (Phi) is 7.91. The van der Waals surface area contributed by atoms with Crippen molar-refractivity contribution in [2.75, 3.05) is 26.4 Å². The molecule has 0 spiro atoms. The van der Waals surface area contributed by atoms with E-state index in [1.807, 2.05) is 0 Å². The summed E-state index contributed by atoms with van der Waals surface area (Å²) in [5.74, 6) is 1.38. The number of nitrogens with zero attached hydrogens (tertiary/aromatic N) is 1. The summed E-state index contributed by atoms with van der Waals surface area (Å²) in [6.45, 7) is 2.57. The first-order valence-corrected chi connectivity index (χ1v) is 11.7. The summed E-state index contributed by atoms with van der Waals surface area (Å²) in [5.41, 5.74) is 2.81. The molecule has 0 aromatic heterocycles. The zero-order valence-electron chi connectivity index (χ0n) is 15.5. The summed E-state index contributed by atoms with van der Waals surface area (Å²) in [5, 5.41) is 2.84. The number of carbonyl (C=O) groups excluding carboxylic acids is 1. The minimum Gasteiger partial charge on any atom is -0.351 e. The number of hydrogen-bond acceptors (Lipinski definition) is 4. The highest BCUT2D eigenvalue weighted by atomic mass is 79.9. The fourth-order valence-electron chi connectivity index (χ4n) is 2.25. The van der Waals surface area contributed by atoms with Gasteiger partial charge in [-0.25, -0.2) is 12.7 Å². The van der Waals surface area contributed by atoms with Gasteiger partial charge in [-0.2, -0.15) is 11.8 Å². The lowest BCUT2D eigenvalue weighted by Crippen LogP contribution is -2.27. The molecule has 146 valence electrons. The molecule has 0 atom stereocenters. The molecule has 0 aliphatic heterocycles. The maximum Gasteiger partial charge on any atom is 0.251 e. The minimum atomic E-state index is -3.62. The van der Waals surface area contributed by atoms with E-state index in [0.717, 1.165) is 15.8 Å². The van der Waals surface area contributed by atoms with Gasteiger partial charge in [0, 0.05) is 42.2 Å². The molecule has 0 saturated carbocycles.